The Hall–Kier alpha value is -0.630. The number of ether oxygens (including phenoxy) is 1. The topological polar surface area (TPSA) is 26.3 Å². The van der Waals surface area contributed by atoms with E-state index in [1.165, 1.54) is 0 Å². The molecule has 0 radical (unpaired) electrons. The highest BCUT2D eigenvalue weighted by molar-refractivity contribution is 5.93. The van der Waals surface area contributed by atoms with Crippen LogP contribution in [0.4, 0.5) is 0 Å². The fraction of sp³-hybridized carbons (Fsp3) is 0.727. The van der Waals surface area contributed by atoms with Crippen molar-refractivity contribution in [2.24, 2.45) is 0 Å². The average Bonchev–Trinajstić information content (AvgIpc) is 2.02. The summed E-state index contributed by atoms with van der Waals surface area (Å²) in [4.78, 5) is 11.5. The molecule has 0 saturated heterocycles. The molecule has 0 rings (SSSR count). The van der Waals surface area contributed by atoms with E-state index in [4.69, 9.17) is 4.74 Å². The van der Waals surface area contributed by atoms with Crippen molar-refractivity contribution in [1.82, 2.24) is 0 Å². The van der Waals surface area contributed by atoms with Crippen LogP contribution in [-0.4, -0.2) is 18.5 Å². The van der Waals surface area contributed by atoms with Crippen molar-refractivity contribution in [3.63, 3.8) is 0 Å². The van der Waals surface area contributed by atoms with E-state index in [9.17, 15) is 4.79 Å². The maximum absolute atomic E-state index is 11.5. The molecule has 0 aromatic carbocycles. The van der Waals surface area contributed by atoms with Crippen LogP contribution in [0.5, 0.6) is 0 Å². The van der Waals surface area contributed by atoms with E-state index in [0.29, 0.717) is 6.61 Å². The second kappa shape index (κ2) is 6.84. The van der Waals surface area contributed by atoms with Crippen LogP contribution in [0.2, 0.25) is 0 Å². The van der Waals surface area contributed by atoms with Gasteiger partial charge in [-0.25, -0.2) is 0 Å². The Morgan fingerprint density at radius 3 is 2.38 bits per heavy atom. The predicted molar refractivity (Wildman–Crippen MR) is 54.8 cm³/mol. The van der Waals surface area contributed by atoms with Crippen LogP contribution in [-0.2, 0) is 9.53 Å². The van der Waals surface area contributed by atoms with Gasteiger partial charge in [0, 0.05) is 6.61 Å². The first-order valence-corrected chi connectivity index (χ1v) is 4.92. The largest absolute Gasteiger partial charge is 0.370 e. The summed E-state index contributed by atoms with van der Waals surface area (Å²) in [6.07, 6.45) is 3.23. The molecule has 0 amide bonds. The van der Waals surface area contributed by atoms with E-state index in [1.54, 1.807) is 6.08 Å². The van der Waals surface area contributed by atoms with E-state index in [1.807, 2.05) is 20.8 Å². The Morgan fingerprint density at radius 2 is 2.00 bits per heavy atom. The molecule has 0 saturated carbocycles. The third-order valence-corrected chi connectivity index (χ3v) is 1.67. The molecule has 0 aliphatic heterocycles. The lowest BCUT2D eigenvalue weighted by Crippen LogP contribution is -2.22. The number of hydrogen-bond donors (Lipinski definition) is 0. The van der Waals surface area contributed by atoms with Gasteiger partial charge in [0.15, 0.2) is 5.78 Å². The van der Waals surface area contributed by atoms with Gasteiger partial charge in [-0.2, -0.15) is 0 Å². The third-order valence-electron chi connectivity index (χ3n) is 1.67. The molecule has 76 valence electrons. The van der Waals surface area contributed by atoms with Crippen molar-refractivity contribution in [3.05, 3.63) is 11.6 Å². The van der Waals surface area contributed by atoms with Crippen molar-refractivity contribution in [3.8, 4) is 0 Å². The Bertz CT molecular complexity index is 173. The van der Waals surface area contributed by atoms with Gasteiger partial charge in [0.1, 0.15) is 6.10 Å². The smallest absolute Gasteiger partial charge is 0.184 e. The SMILES string of the molecule is CCCC(OCC)C(=O)C=C(C)C. The molecule has 1 atom stereocenters. The van der Waals surface area contributed by atoms with Gasteiger partial charge in [0.05, 0.1) is 0 Å². The standard InChI is InChI=1S/C11H20O2/c1-5-7-11(13-6-2)10(12)8-9(3)4/h8,11H,5-7H2,1-4H3. The minimum atomic E-state index is -0.232. The molecular formula is C11H20O2. The molecule has 0 heterocycles. The molecule has 2 nitrogen and oxygen atoms in total. The quantitative estimate of drug-likeness (QED) is 0.593. The van der Waals surface area contributed by atoms with Gasteiger partial charge in [-0.3, -0.25) is 4.79 Å². The zero-order valence-corrected chi connectivity index (χ0v) is 9.09. The second-order valence-corrected chi connectivity index (χ2v) is 3.36. The van der Waals surface area contributed by atoms with Crippen molar-refractivity contribution in [2.75, 3.05) is 6.61 Å². The summed E-state index contributed by atoms with van der Waals surface area (Å²) in [7, 11) is 0. The van der Waals surface area contributed by atoms with Crippen LogP contribution >= 0.6 is 0 Å². The molecule has 0 aliphatic rings. The van der Waals surface area contributed by atoms with E-state index in [0.717, 1.165) is 18.4 Å². The van der Waals surface area contributed by atoms with E-state index < -0.39 is 0 Å². The summed E-state index contributed by atoms with van der Waals surface area (Å²) in [5.41, 5.74) is 1.03. The van der Waals surface area contributed by atoms with Crippen molar-refractivity contribution >= 4 is 5.78 Å². The van der Waals surface area contributed by atoms with Crippen LogP contribution in [0.1, 0.15) is 40.5 Å². The van der Waals surface area contributed by atoms with Crippen LogP contribution in [0, 0.1) is 0 Å². The molecule has 0 spiro atoms. The lowest BCUT2D eigenvalue weighted by Gasteiger charge is -2.12. The van der Waals surface area contributed by atoms with Gasteiger partial charge in [-0.05, 0) is 33.3 Å². The van der Waals surface area contributed by atoms with Crippen LogP contribution in [0.25, 0.3) is 0 Å². The van der Waals surface area contributed by atoms with Crippen LogP contribution in [0.15, 0.2) is 11.6 Å². The van der Waals surface area contributed by atoms with Crippen molar-refractivity contribution in [1.29, 1.82) is 0 Å². The Morgan fingerprint density at radius 1 is 1.38 bits per heavy atom. The van der Waals surface area contributed by atoms with Crippen molar-refractivity contribution < 1.29 is 9.53 Å². The maximum atomic E-state index is 11.5. The molecule has 0 aromatic rings. The van der Waals surface area contributed by atoms with E-state index in [2.05, 4.69) is 6.92 Å². The fourth-order valence-electron chi connectivity index (χ4n) is 1.15. The van der Waals surface area contributed by atoms with E-state index in [-0.39, 0.29) is 11.9 Å². The summed E-state index contributed by atoms with van der Waals surface area (Å²) in [6.45, 7) is 8.42. The summed E-state index contributed by atoms with van der Waals surface area (Å²) in [5.74, 6) is 0.101. The normalized spacial score (nSPS) is 12.3. The predicted octanol–water partition coefficient (Wildman–Crippen LogP) is 2.73. The molecule has 0 fully saturated rings. The summed E-state index contributed by atoms with van der Waals surface area (Å²) < 4.78 is 5.35. The Labute approximate surface area is 81.0 Å². The van der Waals surface area contributed by atoms with Crippen LogP contribution < -0.4 is 0 Å². The molecule has 0 aromatic heterocycles. The number of ketones is 1. The zero-order chi connectivity index (χ0) is 10.3. The monoisotopic (exact) mass is 184 g/mol. The van der Waals surface area contributed by atoms with Gasteiger partial charge in [-0.15, -0.1) is 0 Å². The average molecular weight is 184 g/mol. The molecule has 1 unspecified atom stereocenters. The minimum Gasteiger partial charge on any atom is -0.370 e. The first kappa shape index (κ1) is 12.4. The first-order valence-electron chi connectivity index (χ1n) is 4.92. The number of carbonyl (C=O) groups is 1. The highest BCUT2D eigenvalue weighted by atomic mass is 16.5. The molecular weight excluding hydrogens is 164 g/mol. The Kier molecular flexibility index (Phi) is 6.51. The minimum absolute atomic E-state index is 0.101. The number of carbonyl (C=O) groups excluding carboxylic acids is 1. The lowest BCUT2D eigenvalue weighted by atomic mass is 10.1. The Balaban J connectivity index is 4.19. The summed E-state index contributed by atoms with van der Waals surface area (Å²) in [5, 5.41) is 0. The zero-order valence-electron chi connectivity index (χ0n) is 9.09. The highest BCUT2D eigenvalue weighted by Crippen LogP contribution is 2.05. The summed E-state index contributed by atoms with van der Waals surface area (Å²) >= 11 is 0. The fourth-order valence-corrected chi connectivity index (χ4v) is 1.15. The molecule has 0 aliphatic carbocycles. The van der Waals surface area contributed by atoms with E-state index >= 15 is 0 Å². The van der Waals surface area contributed by atoms with Gasteiger partial charge in [0.2, 0.25) is 0 Å². The molecule has 13 heavy (non-hydrogen) atoms. The highest BCUT2D eigenvalue weighted by Gasteiger charge is 2.14. The molecule has 2 heteroatoms. The number of hydrogen-bond acceptors (Lipinski definition) is 2. The van der Waals surface area contributed by atoms with Gasteiger partial charge in [-0.1, -0.05) is 18.9 Å². The number of rotatable bonds is 6. The molecule has 0 N–H and O–H groups in total. The van der Waals surface area contributed by atoms with Gasteiger partial charge in [0.25, 0.3) is 0 Å². The van der Waals surface area contributed by atoms with Crippen molar-refractivity contribution in [2.45, 2.75) is 46.6 Å². The first-order chi connectivity index (χ1) is 6.11. The van der Waals surface area contributed by atoms with Gasteiger partial charge >= 0.3 is 0 Å². The summed E-state index contributed by atoms with van der Waals surface area (Å²) in [6, 6.07) is 0. The van der Waals surface area contributed by atoms with Crippen LogP contribution in [0.3, 0.4) is 0 Å². The number of allylic oxidation sites excluding steroid dienone is 1. The van der Waals surface area contributed by atoms with Gasteiger partial charge < -0.3 is 4.74 Å². The third kappa shape index (κ3) is 5.58. The maximum Gasteiger partial charge on any atom is 0.184 e. The second-order valence-electron chi connectivity index (χ2n) is 3.36. The lowest BCUT2D eigenvalue weighted by molar-refractivity contribution is -0.125. The molecule has 0 bridgehead atoms.